The molecular formula is C75H43N7. The van der Waals surface area contributed by atoms with E-state index in [-0.39, 0.29) is 0 Å². The molecule has 7 heteroatoms. The van der Waals surface area contributed by atoms with Crippen LogP contribution in [0.5, 0.6) is 0 Å². The monoisotopic (exact) mass is 1040 g/mol. The van der Waals surface area contributed by atoms with E-state index in [1.807, 2.05) is 24.3 Å². The lowest BCUT2D eigenvalue weighted by molar-refractivity contribution is 1.12. The number of rotatable bonds is 6. The SMILES string of the molecule is [C-]#[N+]c1ccc(-c2nc(-c3cc(-n4c5ccccc5c5cc(-n6c7ccccc7c7ccccc76)ccc54)cc(-n4c5ccccc5c5cc(-n6c7ccccc7c7ccccc76)ccc54)c3)c3c(n2)-c2cccc4cccc-3c24)cc1. The molecule has 1 aliphatic carbocycles. The van der Waals surface area contributed by atoms with E-state index in [0.717, 1.165) is 111 Å². The molecule has 0 atom stereocenters. The number of fused-ring (bicyclic) bond motifs is 15. The lowest BCUT2D eigenvalue weighted by Crippen LogP contribution is -2.03. The molecule has 12 aromatic carbocycles. The molecule has 1 aliphatic rings. The van der Waals surface area contributed by atoms with Crippen molar-refractivity contribution < 1.29 is 0 Å². The Hall–Kier alpha value is -11.3. The van der Waals surface area contributed by atoms with Crippen LogP contribution in [0.1, 0.15) is 0 Å². The van der Waals surface area contributed by atoms with Crippen LogP contribution in [0.4, 0.5) is 5.69 Å². The maximum absolute atomic E-state index is 7.75. The van der Waals surface area contributed by atoms with Gasteiger partial charge in [-0.3, -0.25) is 0 Å². The fraction of sp³-hybridized carbons (Fsp3) is 0. The van der Waals surface area contributed by atoms with E-state index in [0.29, 0.717) is 11.5 Å². The molecule has 5 heterocycles. The first-order chi connectivity index (χ1) is 40.6. The van der Waals surface area contributed by atoms with Gasteiger partial charge in [0.25, 0.3) is 0 Å². The van der Waals surface area contributed by atoms with Crippen LogP contribution < -0.4 is 0 Å². The van der Waals surface area contributed by atoms with Crippen LogP contribution in [-0.4, -0.2) is 28.2 Å². The van der Waals surface area contributed by atoms with Gasteiger partial charge in [0.05, 0.1) is 62.1 Å². The quantitative estimate of drug-likeness (QED) is 0.156. The van der Waals surface area contributed by atoms with Crippen molar-refractivity contribution in [2.45, 2.75) is 0 Å². The molecule has 0 bridgehead atoms. The molecule has 17 aromatic rings. The van der Waals surface area contributed by atoms with Gasteiger partial charge in [0, 0.05) is 88.1 Å². The highest BCUT2D eigenvalue weighted by Gasteiger charge is 2.30. The molecule has 0 unspecified atom stereocenters. The molecule has 5 aromatic heterocycles. The molecule has 0 radical (unpaired) electrons. The van der Waals surface area contributed by atoms with Crippen LogP contribution in [0.2, 0.25) is 0 Å². The Morgan fingerprint density at radius 2 is 0.683 bits per heavy atom. The van der Waals surface area contributed by atoms with Crippen LogP contribution in [0.3, 0.4) is 0 Å². The molecule has 82 heavy (non-hydrogen) atoms. The topological polar surface area (TPSA) is 49.9 Å². The van der Waals surface area contributed by atoms with E-state index in [4.69, 9.17) is 16.5 Å². The summed E-state index contributed by atoms with van der Waals surface area (Å²) in [5.74, 6) is 0.603. The summed E-state index contributed by atoms with van der Waals surface area (Å²) >= 11 is 0. The van der Waals surface area contributed by atoms with Crippen molar-refractivity contribution in [1.29, 1.82) is 0 Å². The minimum atomic E-state index is 0.571. The lowest BCUT2D eigenvalue weighted by atomic mass is 9.98. The number of hydrogen-bond acceptors (Lipinski definition) is 2. The summed E-state index contributed by atoms with van der Waals surface area (Å²) in [6.07, 6.45) is 0. The van der Waals surface area contributed by atoms with Crippen molar-refractivity contribution in [3.05, 3.63) is 272 Å². The first kappa shape index (κ1) is 44.6. The molecular weight excluding hydrogens is 999 g/mol. The van der Waals surface area contributed by atoms with E-state index >= 15 is 0 Å². The Morgan fingerprint density at radius 1 is 0.293 bits per heavy atom. The zero-order valence-corrected chi connectivity index (χ0v) is 44.0. The molecule has 7 nitrogen and oxygen atoms in total. The van der Waals surface area contributed by atoms with Crippen LogP contribution in [0.15, 0.2) is 261 Å². The zero-order chi connectivity index (χ0) is 53.7. The first-order valence-electron chi connectivity index (χ1n) is 27.8. The number of para-hydroxylation sites is 6. The van der Waals surface area contributed by atoms with Crippen molar-refractivity contribution in [3.8, 4) is 67.8 Å². The second kappa shape index (κ2) is 16.8. The fourth-order valence-electron chi connectivity index (χ4n) is 13.8. The molecule has 18 rings (SSSR count). The van der Waals surface area contributed by atoms with Gasteiger partial charge in [0.15, 0.2) is 11.5 Å². The van der Waals surface area contributed by atoms with Crippen LogP contribution in [0, 0.1) is 6.57 Å². The van der Waals surface area contributed by atoms with Gasteiger partial charge < -0.3 is 18.3 Å². The fourth-order valence-corrected chi connectivity index (χ4v) is 13.8. The highest BCUT2D eigenvalue weighted by Crippen LogP contribution is 2.51. The van der Waals surface area contributed by atoms with E-state index < -0.39 is 0 Å². The third-order valence-corrected chi connectivity index (χ3v) is 17.3. The summed E-state index contributed by atoms with van der Waals surface area (Å²) in [5, 5.41) is 11.9. The first-order valence-corrected chi connectivity index (χ1v) is 27.8. The summed E-state index contributed by atoms with van der Waals surface area (Å²) in [7, 11) is 0. The minimum absolute atomic E-state index is 0.571. The van der Waals surface area contributed by atoms with Gasteiger partial charge in [-0.25, -0.2) is 14.8 Å². The number of nitrogens with zero attached hydrogens (tertiary/aromatic N) is 7. The molecule has 0 fully saturated rings. The molecule has 0 N–H and O–H groups in total. The molecule has 378 valence electrons. The van der Waals surface area contributed by atoms with Gasteiger partial charge in [-0.15, -0.1) is 0 Å². The zero-order valence-electron chi connectivity index (χ0n) is 44.0. The smallest absolute Gasteiger partial charge is 0.187 e. The van der Waals surface area contributed by atoms with E-state index in [1.54, 1.807) is 0 Å². The highest BCUT2D eigenvalue weighted by molar-refractivity contribution is 6.18. The second-order valence-electron chi connectivity index (χ2n) is 21.6. The molecule has 0 amide bonds. The maximum atomic E-state index is 7.75. The molecule has 0 saturated carbocycles. The Balaban J connectivity index is 0.931. The summed E-state index contributed by atoms with van der Waals surface area (Å²) in [6, 6.07) is 94.2. The van der Waals surface area contributed by atoms with Gasteiger partial charge in [0.1, 0.15) is 0 Å². The van der Waals surface area contributed by atoms with Crippen molar-refractivity contribution in [3.63, 3.8) is 0 Å². The van der Waals surface area contributed by atoms with Gasteiger partial charge in [0.2, 0.25) is 0 Å². The average molecular weight is 1040 g/mol. The lowest BCUT2D eigenvalue weighted by Gasteiger charge is -2.18. The van der Waals surface area contributed by atoms with Crippen LogP contribution in [-0.2, 0) is 0 Å². The average Bonchev–Trinajstić information content (AvgIpc) is 3.25. The number of benzene rings is 12. The van der Waals surface area contributed by atoms with Crippen molar-refractivity contribution >= 4 is 104 Å². The van der Waals surface area contributed by atoms with Gasteiger partial charge in [-0.1, -0.05) is 170 Å². The van der Waals surface area contributed by atoms with Crippen molar-refractivity contribution in [2.24, 2.45) is 0 Å². The Kier molecular flexibility index (Phi) is 9.17. The van der Waals surface area contributed by atoms with Gasteiger partial charge in [-0.2, -0.15) is 0 Å². The maximum Gasteiger partial charge on any atom is 0.187 e. The Labute approximate surface area is 469 Å². The third kappa shape index (κ3) is 6.23. The second-order valence-corrected chi connectivity index (χ2v) is 21.6. The molecule has 0 saturated heterocycles. The molecule has 0 spiro atoms. The Bertz CT molecular complexity index is 5300. The van der Waals surface area contributed by atoms with Crippen LogP contribution in [0.25, 0.3) is 171 Å². The van der Waals surface area contributed by atoms with Gasteiger partial charge in [-0.05, 0) is 107 Å². The van der Waals surface area contributed by atoms with Crippen molar-refractivity contribution in [1.82, 2.24) is 28.2 Å². The number of hydrogen-bond donors (Lipinski definition) is 0. The minimum Gasteiger partial charge on any atom is -0.309 e. The number of aromatic nitrogens is 6. The summed E-state index contributed by atoms with van der Waals surface area (Å²) in [5.41, 5.74) is 20.6. The Morgan fingerprint density at radius 3 is 1.13 bits per heavy atom. The van der Waals surface area contributed by atoms with Crippen LogP contribution >= 0.6 is 0 Å². The summed E-state index contributed by atoms with van der Waals surface area (Å²) < 4.78 is 9.71. The predicted molar refractivity (Wildman–Crippen MR) is 338 cm³/mol. The summed E-state index contributed by atoms with van der Waals surface area (Å²) in [6.45, 7) is 7.75. The largest absolute Gasteiger partial charge is 0.309 e. The third-order valence-electron chi connectivity index (χ3n) is 17.3. The predicted octanol–water partition coefficient (Wildman–Crippen LogP) is 19.6. The normalized spacial score (nSPS) is 12.1. The van der Waals surface area contributed by atoms with Gasteiger partial charge >= 0.3 is 0 Å². The van der Waals surface area contributed by atoms with E-state index in [1.165, 1.54) is 49.0 Å². The molecule has 0 aliphatic heterocycles. The summed E-state index contributed by atoms with van der Waals surface area (Å²) in [4.78, 5) is 14.8. The standard InChI is InChI=1S/C75H43N7/c1-76-48-34-32-46(33-35-48)75-77-73(72-59-24-14-16-45-17-15-25-60(71(45)59)74(72)78-75)47-40-51(81-67-30-12-6-22-57(67)61-43-49(36-38-69(61)81)79-63-26-8-2-18-53(63)54-19-3-9-27-64(54)79)42-52(41-47)82-68-31-13-7-23-58(68)62-44-50(37-39-70(62)82)80-65-28-10-4-20-55(65)56-21-5-11-29-66(56)80/h2-44H. The van der Waals surface area contributed by atoms with E-state index in [2.05, 4.69) is 260 Å². The van der Waals surface area contributed by atoms with E-state index in [9.17, 15) is 0 Å². The van der Waals surface area contributed by atoms with Crippen molar-refractivity contribution in [2.75, 3.05) is 0 Å². The highest BCUT2D eigenvalue weighted by atomic mass is 15.0.